The van der Waals surface area contributed by atoms with E-state index in [1.165, 1.54) is 12.1 Å². The Kier molecular flexibility index (Phi) is 5.92. The molecule has 2 rings (SSSR count). The molecule has 0 aliphatic heterocycles. The maximum absolute atomic E-state index is 12.7. The van der Waals surface area contributed by atoms with Gasteiger partial charge in [-0.15, -0.1) is 0 Å². The predicted molar refractivity (Wildman–Crippen MR) is 92.2 cm³/mol. The molecule has 0 radical (unpaired) electrons. The number of hydrogen-bond donors (Lipinski definition) is 1. The Bertz CT molecular complexity index is 762. The number of nitrogens with two attached hydrogens (primary N) is 1. The van der Waals surface area contributed by atoms with Crippen molar-refractivity contribution in [3.05, 3.63) is 64.6 Å². The normalized spacial score (nSPS) is 11.6. The summed E-state index contributed by atoms with van der Waals surface area (Å²) in [4.78, 5) is 11.4. The molecule has 122 valence electrons. The van der Waals surface area contributed by atoms with Gasteiger partial charge in [0, 0.05) is 11.0 Å². The molecular weight excluding hydrogens is 380 g/mol. The quantitative estimate of drug-likeness (QED) is 0.778. The van der Waals surface area contributed by atoms with E-state index in [-0.39, 0.29) is 18.0 Å². The van der Waals surface area contributed by atoms with Crippen LogP contribution in [0.25, 0.3) is 0 Å². The molecule has 0 heterocycles. The van der Waals surface area contributed by atoms with Crippen LogP contribution in [0.5, 0.6) is 0 Å². The number of amides is 1. The number of benzene rings is 2. The molecule has 0 unspecified atom stereocenters. The summed E-state index contributed by atoms with van der Waals surface area (Å²) in [7, 11) is -3.77. The first kappa shape index (κ1) is 17.7. The first-order valence-electron chi connectivity index (χ1n) is 6.97. The van der Waals surface area contributed by atoms with Crippen LogP contribution in [0.2, 0.25) is 0 Å². The van der Waals surface area contributed by atoms with Gasteiger partial charge < -0.3 is 5.73 Å². The predicted octanol–water partition coefficient (Wildman–Crippen LogP) is 2.17. The monoisotopic (exact) mass is 396 g/mol. The number of rotatable bonds is 7. The van der Waals surface area contributed by atoms with E-state index < -0.39 is 15.9 Å². The average molecular weight is 397 g/mol. The molecule has 2 aromatic carbocycles. The van der Waals surface area contributed by atoms with Gasteiger partial charge in [-0.25, -0.2) is 8.42 Å². The van der Waals surface area contributed by atoms with Crippen molar-refractivity contribution in [2.24, 2.45) is 5.73 Å². The highest BCUT2D eigenvalue weighted by molar-refractivity contribution is 9.10. The lowest BCUT2D eigenvalue weighted by Crippen LogP contribution is -2.39. The largest absolute Gasteiger partial charge is 0.369 e. The summed E-state index contributed by atoms with van der Waals surface area (Å²) in [5.74, 6) is -0.682. The molecule has 2 N–H and O–H groups in total. The van der Waals surface area contributed by atoms with Crippen LogP contribution in [0.15, 0.2) is 64.0 Å². The van der Waals surface area contributed by atoms with Crippen molar-refractivity contribution < 1.29 is 13.2 Å². The fourth-order valence-electron chi connectivity index (χ4n) is 2.11. The second-order valence-electron chi connectivity index (χ2n) is 4.99. The third kappa shape index (κ3) is 4.89. The lowest BCUT2D eigenvalue weighted by Gasteiger charge is -2.21. The second kappa shape index (κ2) is 7.72. The molecular formula is C16H17BrN2O3S. The van der Waals surface area contributed by atoms with E-state index in [1.807, 2.05) is 30.3 Å². The summed E-state index contributed by atoms with van der Waals surface area (Å²) in [5.41, 5.74) is 6.20. The summed E-state index contributed by atoms with van der Waals surface area (Å²) < 4.78 is 27.3. The van der Waals surface area contributed by atoms with Gasteiger partial charge >= 0.3 is 0 Å². The van der Waals surface area contributed by atoms with Gasteiger partial charge in [-0.1, -0.05) is 46.3 Å². The summed E-state index contributed by atoms with van der Waals surface area (Å²) in [6, 6.07) is 15.8. The van der Waals surface area contributed by atoms with E-state index in [0.29, 0.717) is 6.42 Å². The van der Waals surface area contributed by atoms with E-state index in [9.17, 15) is 13.2 Å². The van der Waals surface area contributed by atoms with Crippen molar-refractivity contribution in [1.82, 2.24) is 4.31 Å². The van der Waals surface area contributed by atoms with E-state index >= 15 is 0 Å². The van der Waals surface area contributed by atoms with Crippen LogP contribution in [0.4, 0.5) is 0 Å². The molecule has 0 aliphatic carbocycles. The summed E-state index contributed by atoms with van der Waals surface area (Å²) in [6.07, 6.45) is 0.504. The third-order valence-corrected chi connectivity index (χ3v) is 5.66. The second-order valence-corrected chi connectivity index (χ2v) is 7.85. The van der Waals surface area contributed by atoms with Crippen molar-refractivity contribution in [3.8, 4) is 0 Å². The number of carbonyl (C=O) groups is 1. The van der Waals surface area contributed by atoms with Crippen molar-refractivity contribution in [3.63, 3.8) is 0 Å². The Balaban J connectivity index is 2.22. The summed E-state index contributed by atoms with van der Waals surface area (Å²) >= 11 is 3.27. The minimum absolute atomic E-state index is 0.134. The van der Waals surface area contributed by atoms with Crippen LogP contribution in [0.3, 0.4) is 0 Å². The van der Waals surface area contributed by atoms with Crippen molar-refractivity contribution in [2.45, 2.75) is 11.3 Å². The number of sulfonamides is 1. The van der Waals surface area contributed by atoms with Crippen LogP contribution in [0.1, 0.15) is 5.56 Å². The van der Waals surface area contributed by atoms with Crippen molar-refractivity contribution >= 4 is 31.9 Å². The first-order chi connectivity index (χ1) is 10.9. The zero-order valence-electron chi connectivity index (χ0n) is 12.4. The number of hydrogen-bond acceptors (Lipinski definition) is 3. The molecule has 2 aromatic rings. The van der Waals surface area contributed by atoms with E-state index in [2.05, 4.69) is 15.9 Å². The van der Waals surface area contributed by atoms with Gasteiger partial charge in [0.05, 0.1) is 11.4 Å². The number of carbonyl (C=O) groups excluding carboxylic acids is 1. The average Bonchev–Trinajstić information content (AvgIpc) is 2.52. The third-order valence-electron chi connectivity index (χ3n) is 3.28. The van der Waals surface area contributed by atoms with Crippen LogP contribution >= 0.6 is 15.9 Å². The highest BCUT2D eigenvalue weighted by Crippen LogP contribution is 2.19. The topological polar surface area (TPSA) is 80.5 Å². The van der Waals surface area contributed by atoms with Gasteiger partial charge in [0.1, 0.15) is 0 Å². The molecule has 1 amide bonds. The zero-order valence-corrected chi connectivity index (χ0v) is 14.8. The smallest absolute Gasteiger partial charge is 0.243 e. The molecule has 5 nitrogen and oxygen atoms in total. The Morgan fingerprint density at radius 1 is 1.04 bits per heavy atom. The minimum Gasteiger partial charge on any atom is -0.369 e. The molecule has 7 heteroatoms. The maximum Gasteiger partial charge on any atom is 0.243 e. The summed E-state index contributed by atoms with van der Waals surface area (Å²) in [6.45, 7) is -0.156. The van der Waals surface area contributed by atoms with Crippen LogP contribution in [-0.2, 0) is 21.2 Å². The number of primary amides is 1. The van der Waals surface area contributed by atoms with Crippen LogP contribution in [0, 0.1) is 0 Å². The van der Waals surface area contributed by atoms with Gasteiger partial charge in [-0.05, 0) is 36.2 Å². The molecule has 0 saturated carbocycles. The van der Waals surface area contributed by atoms with Gasteiger partial charge in [0.2, 0.25) is 15.9 Å². The SMILES string of the molecule is NC(=O)CN(CCc1ccccc1)S(=O)(=O)c1ccc(Br)cc1. The molecule has 0 aromatic heterocycles. The first-order valence-corrected chi connectivity index (χ1v) is 9.21. The number of halogens is 1. The maximum atomic E-state index is 12.7. The van der Waals surface area contributed by atoms with Gasteiger partial charge in [0.25, 0.3) is 0 Å². The van der Waals surface area contributed by atoms with Crippen molar-refractivity contribution in [2.75, 3.05) is 13.1 Å². The lowest BCUT2D eigenvalue weighted by molar-refractivity contribution is -0.118. The lowest BCUT2D eigenvalue weighted by atomic mass is 10.1. The molecule has 0 aliphatic rings. The van der Waals surface area contributed by atoms with Crippen LogP contribution in [-0.4, -0.2) is 31.7 Å². The zero-order chi connectivity index (χ0) is 16.9. The molecule has 0 bridgehead atoms. The molecule has 0 spiro atoms. The Morgan fingerprint density at radius 2 is 1.65 bits per heavy atom. The van der Waals surface area contributed by atoms with Gasteiger partial charge in [0.15, 0.2) is 0 Å². The summed E-state index contributed by atoms with van der Waals surface area (Å²) in [5, 5.41) is 0. The Labute approximate surface area is 144 Å². The van der Waals surface area contributed by atoms with Crippen molar-refractivity contribution in [1.29, 1.82) is 0 Å². The van der Waals surface area contributed by atoms with E-state index in [4.69, 9.17) is 5.73 Å². The highest BCUT2D eigenvalue weighted by atomic mass is 79.9. The van der Waals surface area contributed by atoms with Gasteiger partial charge in [-0.3, -0.25) is 4.79 Å². The molecule has 0 atom stereocenters. The molecule has 0 fully saturated rings. The fourth-order valence-corrected chi connectivity index (χ4v) is 3.78. The minimum atomic E-state index is -3.77. The molecule has 0 saturated heterocycles. The number of nitrogens with zero attached hydrogens (tertiary/aromatic N) is 1. The van der Waals surface area contributed by atoms with Crippen LogP contribution < -0.4 is 5.73 Å². The Morgan fingerprint density at radius 3 is 2.22 bits per heavy atom. The van der Waals surface area contributed by atoms with Gasteiger partial charge in [-0.2, -0.15) is 4.31 Å². The molecule has 23 heavy (non-hydrogen) atoms. The van der Waals surface area contributed by atoms with E-state index in [0.717, 1.165) is 14.3 Å². The standard InChI is InChI=1S/C16H17BrN2O3S/c17-14-6-8-15(9-7-14)23(21,22)19(12-16(18)20)11-10-13-4-2-1-3-5-13/h1-9H,10-12H2,(H2,18,20). The fraction of sp³-hybridized carbons (Fsp3) is 0.188. The highest BCUT2D eigenvalue weighted by Gasteiger charge is 2.25. The Hall–Kier alpha value is -1.70. The van der Waals surface area contributed by atoms with E-state index in [1.54, 1.807) is 12.1 Å².